The Morgan fingerprint density at radius 1 is 1.08 bits per heavy atom. The van der Waals surface area contributed by atoms with Crippen molar-refractivity contribution in [3.05, 3.63) is 56.3 Å². The molecule has 0 bridgehead atoms. The first-order chi connectivity index (χ1) is 12.2. The molecule has 0 N–H and O–H groups in total. The fourth-order valence-electron chi connectivity index (χ4n) is 2.62. The summed E-state index contributed by atoms with van der Waals surface area (Å²) in [4.78, 5) is 39.0. The molecule has 0 spiro atoms. The van der Waals surface area contributed by atoms with E-state index in [1.54, 1.807) is 0 Å². The summed E-state index contributed by atoms with van der Waals surface area (Å²) in [6, 6.07) is 1.08. The lowest BCUT2D eigenvalue weighted by atomic mass is 9.93. The lowest BCUT2D eigenvalue weighted by Crippen LogP contribution is -2.26. The molecule has 0 fully saturated rings. The molecule has 136 valence electrons. The van der Waals surface area contributed by atoms with Gasteiger partial charge in [-0.2, -0.15) is 4.73 Å². The number of hydrogen-bond donors (Lipinski definition) is 0. The molecule has 0 aliphatic carbocycles. The number of methoxy groups -OCH3 is 2. The van der Waals surface area contributed by atoms with Crippen LogP contribution in [-0.2, 0) is 9.47 Å². The summed E-state index contributed by atoms with van der Waals surface area (Å²) in [5.74, 6) is -1.61. The van der Waals surface area contributed by atoms with E-state index in [2.05, 4.69) is 4.98 Å². The third-order valence-corrected chi connectivity index (χ3v) is 3.67. The topological polar surface area (TPSA) is 136 Å². The van der Waals surface area contributed by atoms with Crippen molar-refractivity contribution < 1.29 is 28.7 Å². The molecule has 10 heteroatoms. The van der Waals surface area contributed by atoms with Gasteiger partial charge in [0.2, 0.25) is 0 Å². The van der Waals surface area contributed by atoms with Crippen LogP contribution in [0.5, 0.6) is 0 Å². The van der Waals surface area contributed by atoms with Crippen LogP contribution < -0.4 is 4.73 Å². The second-order valence-electron chi connectivity index (χ2n) is 5.29. The van der Waals surface area contributed by atoms with Gasteiger partial charge in [0.15, 0.2) is 6.20 Å². The van der Waals surface area contributed by atoms with Gasteiger partial charge in [-0.3, -0.25) is 15.1 Å². The normalized spacial score (nSPS) is 10.3. The lowest BCUT2D eigenvalue weighted by Gasteiger charge is -2.16. The standard InChI is InChI=1S/C16H15N3O7/c1-8-12(15(20)25-3)14(13(9(2)17-8)16(21)26-4)10-5-11(19(23)24)7-18(22)6-10/h5-7H,1-4H3. The van der Waals surface area contributed by atoms with E-state index in [4.69, 9.17) is 9.47 Å². The Kier molecular flexibility index (Phi) is 5.15. The van der Waals surface area contributed by atoms with E-state index in [0.717, 1.165) is 32.7 Å². The fourth-order valence-corrected chi connectivity index (χ4v) is 2.62. The molecule has 0 aliphatic heterocycles. The minimum absolute atomic E-state index is 0.0106. The highest BCUT2D eigenvalue weighted by Gasteiger charge is 2.29. The highest BCUT2D eigenvalue weighted by molar-refractivity contribution is 6.07. The SMILES string of the molecule is COC(=O)c1c(C)nc(C)c(C(=O)OC)c1-c1cc([N+](=O)[O-])c[n+]([O-])c1. The molecule has 0 aromatic carbocycles. The molecule has 2 aromatic rings. The van der Waals surface area contributed by atoms with Crippen LogP contribution in [0.3, 0.4) is 0 Å². The van der Waals surface area contributed by atoms with Crippen LogP contribution in [0.4, 0.5) is 5.69 Å². The zero-order valence-electron chi connectivity index (χ0n) is 14.4. The summed E-state index contributed by atoms with van der Waals surface area (Å²) >= 11 is 0. The first-order valence-electron chi connectivity index (χ1n) is 7.27. The van der Waals surface area contributed by atoms with Gasteiger partial charge in [-0.25, -0.2) is 9.59 Å². The molecule has 0 aliphatic rings. The second kappa shape index (κ2) is 7.13. The molecular weight excluding hydrogens is 346 g/mol. The number of nitro groups is 1. The minimum atomic E-state index is -0.806. The van der Waals surface area contributed by atoms with Gasteiger partial charge in [0.05, 0.1) is 47.2 Å². The Balaban J connectivity index is 2.99. The average molecular weight is 361 g/mol. The van der Waals surface area contributed by atoms with Crippen molar-refractivity contribution in [2.75, 3.05) is 14.2 Å². The van der Waals surface area contributed by atoms with Crippen LogP contribution in [-0.4, -0.2) is 36.1 Å². The van der Waals surface area contributed by atoms with Crippen LogP contribution in [0.1, 0.15) is 32.1 Å². The molecule has 0 saturated carbocycles. The third-order valence-electron chi connectivity index (χ3n) is 3.67. The average Bonchev–Trinajstić information content (AvgIpc) is 2.59. The predicted molar refractivity (Wildman–Crippen MR) is 87.4 cm³/mol. The lowest BCUT2D eigenvalue weighted by molar-refractivity contribution is -0.609. The van der Waals surface area contributed by atoms with Crippen molar-refractivity contribution in [2.24, 2.45) is 0 Å². The van der Waals surface area contributed by atoms with Crippen LogP contribution in [0.25, 0.3) is 11.1 Å². The Morgan fingerprint density at radius 2 is 1.58 bits per heavy atom. The third kappa shape index (κ3) is 3.29. The zero-order valence-corrected chi connectivity index (χ0v) is 14.4. The van der Waals surface area contributed by atoms with E-state index < -0.39 is 22.5 Å². The number of hydrogen-bond acceptors (Lipinski definition) is 8. The summed E-state index contributed by atoms with van der Waals surface area (Å²) in [6.45, 7) is 3.04. The van der Waals surface area contributed by atoms with Crippen molar-refractivity contribution in [2.45, 2.75) is 13.8 Å². The molecule has 2 aromatic heterocycles. The number of carbonyl (C=O) groups is 2. The summed E-state index contributed by atoms with van der Waals surface area (Å²) in [7, 11) is 2.29. The monoisotopic (exact) mass is 361 g/mol. The Labute approximate surface area is 147 Å². The van der Waals surface area contributed by atoms with Crippen molar-refractivity contribution >= 4 is 17.6 Å². The number of ether oxygens (including phenoxy) is 2. The van der Waals surface area contributed by atoms with E-state index in [1.165, 1.54) is 13.8 Å². The minimum Gasteiger partial charge on any atom is -0.619 e. The molecule has 2 heterocycles. The van der Waals surface area contributed by atoms with E-state index in [0.29, 0.717) is 0 Å². The van der Waals surface area contributed by atoms with Crippen LogP contribution >= 0.6 is 0 Å². The summed E-state index contributed by atoms with van der Waals surface area (Å²) < 4.78 is 9.71. The van der Waals surface area contributed by atoms with Gasteiger partial charge < -0.3 is 14.7 Å². The predicted octanol–water partition coefficient (Wildman–Crippen LogP) is 1.48. The molecular formula is C16H15N3O7. The quantitative estimate of drug-likeness (QED) is 0.263. The molecule has 0 amide bonds. The highest BCUT2D eigenvalue weighted by atomic mass is 16.6. The number of rotatable bonds is 4. The smallest absolute Gasteiger partial charge is 0.340 e. The zero-order chi connectivity index (χ0) is 19.6. The highest BCUT2D eigenvalue weighted by Crippen LogP contribution is 2.33. The molecule has 0 atom stereocenters. The Bertz CT molecular complexity index is 884. The van der Waals surface area contributed by atoms with Gasteiger partial charge in [0, 0.05) is 11.6 Å². The summed E-state index contributed by atoms with van der Waals surface area (Å²) in [5.41, 5.74) is -0.221. The molecule has 0 radical (unpaired) electrons. The van der Waals surface area contributed by atoms with Crippen molar-refractivity contribution in [1.29, 1.82) is 0 Å². The molecule has 10 nitrogen and oxygen atoms in total. The van der Waals surface area contributed by atoms with Crippen molar-refractivity contribution in [1.82, 2.24) is 4.98 Å². The van der Waals surface area contributed by atoms with E-state index in [9.17, 15) is 24.9 Å². The maximum atomic E-state index is 12.3. The number of aryl methyl sites for hydroxylation is 2. The first-order valence-corrected chi connectivity index (χ1v) is 7.27. The van der Waals surface area contributed by atoms with Gasteiger partial charge in [0.25, 0.3) is 6.20 Å². The number of esters is 2. The largest absolute Gasteiger partial charge is 0.619 e. The number of carbonyl (C=O) groups excluding carboxylic acids is 2. The van der Waals surface area contributed by atoms with Gasteiger partial charge in [-0.15, -0.1) is 0 Å². The number of aromatic nitrogens is 2. The molecule has 0 unspecified atom stereocenters. The summed E-state index contributed by atoms with van der Waals surface area (Å²) in [6.07, 6.45) is 1.78. The van der Waals surface area contributed by atoms with Gasteiger partial charge in [0.1, 0.15) is 0 Å². The number of nitrogens with zero attached hydrogens (tertiary/aromatic N) is 3. The molecule has 2 rings (SSSR count). The number of pyridine rings is 2. The van der Waals surface area contributed by atoms with Crippen LogP contribution in [0.15, 0.2) is 18.5 Å². The Morgan fingerprint density at radius 3 is 2.00 bits per heavy atom. The maximum absolute atomic E-state index is 12.3. The van der Waals surface area contributed by atoms with Gasteiger partial charge in [-0.1, -0.05) is 0 Å². The second-order valence-corrected chi connectivity index (χ2v) is 5.29. The van der Waals surface area contributed by atoms with Gasteiger partial charge in [-0.05, 0) is 13.8 Å². The van der Waals surface area contributed by atoms with E-state index >= 15 is 0 Å². The van der Waals surface area contributed by atoms with Crippen LogP contribution in [0.2, 0.25) is 0 Å². The maximum Gasteiger partial charge on any atom is 0.340 e. The van der Waals surface area contributed by atoms with E-state index in [1.807, 2.05) is 0 Å². The van der Waals surface area contributed by atoms with Gasteiger partial charge >= 0.3 is 17.6 Å². The fraction of sp³-hybridized carbons (Fsp3) is 0.250. The van der Waals surface area contributed by atoms with Crippen LogP contribution in [0, 0.1) is 29.2 Å². The first kappa shape index (κ1) is 18.8. The molecule has 0 saturated heterocycles. The summed E-state index contributed by atoms with van der Waals surface area (Å²) in [5, 5.41) is 22.9. The Hall–Kier alpha value is -3.56. The molecule has 26 heavy (non-hydrogen) atoms. The van der Waals surface area contributed by atoms with Crippen molar-refractivity contribution in [3.8, 4) is 11.1 Å². The van der Waals surface area contributed by atoms with Crippen molar-refractivity contribution in [3.63, 3.8) is 0 Å². The van der Waals surface area contributed by atoms with E-state index in [-0.39, 0.29) is 38.4 Å².